The largest absolute Gasteiger partial charge is 0.379 e. The Morgan fingerprint density at radius 2 is 1.29 bits per heavy atom. The van der Waals surface area contributed by atoms with E-state index < -0.39 is 0 Å². The van der Waals surface area contributed by atoms with Gasteiger partial charge in [-0.3, -0.25) is 9.59 Å². The molecule has 1 heterocycles. The third-order valence-electron chi connectivity index (χ3n) is 10.3. The molecule has 1 aliphatic heterocycles. The highest BCUT2D eigenvalue weighted by molar-refractivity contribution is 5.89. The molecule has 0 radical (unpaired) electrons. The summed E-state index contributed by atoms with van der Waals surface area (Å²) in [6.07, 6.45) is 28.7. The number of carbonyl (C=O) groups excluding carboxylic acids is 2. The number of ether oxygens (including phenoxy) is 2. The van der Waals surface area contributed by atoms with Crippen LogP contribution >= 0.6 is 0 Å². The number of nitrogens with one attached hydrogen (secondary N) is 2. The number of unbranched alkanes of at least 4 members (excludes halogenated alkanes) is 1. The van der Waals surface area contributed by atoms with Gasteiger partial charge in [0.2, 0.25) is 5.91 Å². The normalized spacial score (nSPS) is 25.9. The SMILES string of the molecule is CC1NC(CCCCNC(=O)CCOCCOCCCC2CCCCCCCCC2)C(=O)C1C1CCCCCCCC1. The zero-order chi connectivity index (χ0) is 29.7. The quantitative estimate of drug-likeness (QED) is 0.179. The van der Waals surface area contributed by atoms with E-state index in [1.165, 1.54) is 116 Å². The first kappa shape index (κ1) is 35.5. The summed E-state index contributed by atoms with van der Waals surface area (Å²) in [7, 11) is 0. The lowest BCUT2D eigenvalue weighted by atomic mass is 9.79. The number of carbonyl (C=O) groups is 2. The minimum absolute atomic E-state index is 0.000399. The highest BCUT2D eigenvalue weighted by Gasteiger charge is 2.42. The molecule has 0 aromatic rings. The number of amides is 1. The summed E-state index contributed by atoms with van der Waals surface area (Å²) >= 11 is 0. The Labute approximate surface area is 258 Å². The van der Waals surface area contributed by atoms with Crippen molar-refractivity contribution in [3.63, 3.8) is 0 Å². The average Bonchev–Trinajstić information content (AvgIpc) is 3.34. The molecule has 0 aromatic carbocycles. The van der Waals surface area contributed by atoms with Crippen LogP contribution in [-0.2, 0) is 19.1 Å². The van der Waals surface area contributed by atoms with Crippen molar-refractivity contribution < 1.29 is 19.1 Å². The van der Waals surface area contributed by atoms with Crippen molar-refractivity contribution in [2.24, 2.45) is 17.8 Å². The van der Waals surface area contributed by atoms with Crippen LogP contribution in [0, 0.1) is 17.8 Å². The van der Waals surface area contributed by atoms with E-state index in [9.17, 15) is 9.59 Å². The van der Waals surface area contributed by atoms with Gasteiger partial charge < -0.3 is 20.1 Å². The van der Waals surface area contributed by atoms with Crippen molar-refractivity contribution in [3.05, 3.63) is 0 Å². The predicted octanol–water partition coefficient (Wildman–Crippen LogP) is 7.91. The van der Waals surface area contributed by atoms with E-state index in [-0.39, 0.29) is 17.9 Å². The molecule has 42 heavy (non-hydrogen) atoms. The summed E-state index contributed by atoms with van der Waals surface area (Å²) in [4.78, 5) is 25.4. The van der Waals surface area contributed by atoms with Gasteiger partial charge in [0.1, 0.15) is 0 Å². The maximum atomic E-state index is 13.3. The molecule has 3 aliphatic rings. The summed E-state index contributed by atoms with van der Waals surface area (Å²) in [6, 6.07) is 0.295. The molecular weight excluding hydrogens is 524 g/mol. The predicted molar refractivity (Wildman–Crippen MR) is 173 cm³/mol. The van der Waals surface area contributed by atoms with Crippen LogP contribution in [0.15, 0.2) is 0 Å². The summed E-state index contributed by atoms with van der Waals surface area (Å²) in [5.74, 6) is 2.16. The van der Waals surface area contributed by atoms with Gasteiger partial charge in [0.05, 0.1) is 25.9 Å². The van der Waals surface area contributed by atoms with E-state index in [1.54, 1.807) is 0 Å². The number of ketones is 1. The van der Waals surface area contributed by atoms with Gasteiger partial charge in [-0.2, -0.15) is 0 Å². The van der Waals surface area contributed by atoms with Gasteiger partial charge in [-0.25, -0.2) is 0 Å². The summed E-state index contributed by atoms with van der Waals surface area (Å²) in [5.41, 5.74) is 0. The average molecular weight is 591 g/mol. The Hall–Kier alpha value is -0.980. The second-order valence-electron chi connectivity index (χ2n) is 13.8. The fourth-order valence-corrected chi connectivity index (χ4v) is 7.81. The van der Waals surface area contributed by atoms with Crippen LogP contribution in [0.25, 0.3) is 0 Å². The van der Waals surface area contributed by atoms with Crippen LogP contribution in [-0.4, -0.2) is 56.7 Å². The van der Waals surface area contributed by atoms with Crippen molar-refractivity contribution in [2.75, 3.05) is 33.0 Å². The number of rotatable bonds is 16. The van der Waals surface area contributed by atoms with Crippen LogP contribution in [0.2, 0.25) is 0 Å². The molecular formula is C36H66N2O4. The van der Waals surface area contributed by atoms with E-state index in [1.807, 2.05) is 0 Å². The Kier molecular flexibility index (Phi) is 19.0. The fraction of sp³-hybridized carbons (Fsp3) is 0.944. The molecule has 6 nitrogen and oxygen atoms in total. The van der Waals surface area contributed by atoms with Crippen LogP contribution in [0.1, 0.15) is 155 Å². The molecule has 0 bridgehead atoms. The van der Waals surface area contributed by atoms with Gasteiger partial charge in [0.15, 0.2) is 5.78 Å². The maximum absolute atomic E-state index is 13.3. The van der Waals surface area contributed by atoms with Crippen molar-refractivity contribution in [1.29, 1.82) is 0 Å². The van der Waals surface area contributed by atoms with Crippen molar-refractivity contribution in [1.82, 2.24) is 10.6 Å². The van der Waals surface area contributed by atoms with Gasteiger partial charge >= 0.3 is 0 Å². The van der Waals surface area contributed by atoms with Gasteiger partial charge in [-0.15, -0.1) is 0 Å². The van der Waals surface area contributed by atoms with Crippen LogP contribution < -0.4 is 10.6 Å². The van der Waals surface area contributed by atoms with Crippen LogP contribution in [0.4, 0.5) is 0 Å². The second kappa shape index (κ2) is 22.5. The van der Waals surface area contributed by atoms with Gasteiger partial charge in [-0.1, -0.05) is 96.3 Å². The van der Waals surface area contributed by atoms with E-state index in [4.69, 9.17) is 9.47 Å². The molecule has 2 N–H and O–H groups in total. The van der Waals surface area contributed by atoms with Crippen molar-refractivity contribution in [3.8, 4) is 0 Å². The van der Waals surface area contributed by atoms with Gasteiger partial charge in [0, 0.05) is 31.5 Å². The highest BCUT2D eigenvalue weighted by Crippen LogP contribution is 2.34. The third kappa shape index (κ3) is 14.7. The topological polar surface area (TPSA) is 76.7 Å². The van der Waals surface area contributed by atoms with Crippen molar-refractivity contribution in [2.45, 2.75) is 167 Å². The Morgan fingerprint density at radius 1 is 0.714 bits per heavy atom. The lowest BCUT2D eigenvalue weighted by Crippen LogP contribution is -2.31. The van der Waals surface area contributed by atoms with E-state index in [0.717, 1.165) is 38.2 Å². The molecule has 2 saturated carbocycles. The maximum Gasteiger partial charge on any atom is 0.222 e. The molecule has 0 spiro atoms. The molecule has 3 unspecified atom stereocenters. The lowest BCUT2D eigenvalue weighted by molar-refractivity contribution is -0.124. The Morgan fingerprint density at radius 3 is 1.93 bits per heavy atom. The van der Waals surface area contributed by atoms with Crippen molar-refractivity contribution >= 4 is 11.7 Å². The molecule has 244 valence electrons. The third-order valence-corrected chi connectivity index (χ3v) is 10.3. The Balaban J connectivity index is 1.13. The zero-order valence-electron chi connectivity index (χ0n) is 27.3. The Bertz CT molecular complexity index is 697. The minimum atomic E-state index is -0.000399. The standard InChI is InChI=1S/C36H66N2O4/c1-30-35(32-21-13-9-5-6-10-14-22-32)36(40)33(38-30)23-15-16-25-37-34(39)24-27-42-29-28-41-26-17-20-31-18-11-7-3-2-4-8-12-19-31/h30-33,35,38H,2-29H2,1H3,(H,37,39). The van der Waals surface area contributed by atoms with E-state index in [0.29, 0.717) is 50.5 Å². The first-order valence-electron chi connectivity index (χ1n) is 18.4. The van der Waals surface area contributed by atoms with E-state index >= 15 is 0 Å². The molecule has 3 atom stereocenters. The van der Waals surface area contributed by atoms with Crippen LogP contribution in [0.5, 0.6) is 0 Å². The molecule has 3 fully saturated rings. The zero-order valence-corrected chi connectivity index (χ0v) is 27.3. The monoisotopic (exact) mass is 591 g/mol. The van der Waals surface area contributed by atoms with Gasteiger partial charge in [0.25, 0.3) is 0 Å². The molecule has 6 heteroatoms. The number of hydrogen-bond donors (Lipinski definition) is 2. The minimum Gasteiger partial charge on any atom is -0.379 e. The summed E-state index contributed by atoms with van der Waals surface area (Å²) in [6.45, 7) is 5.32. The fourth-order valence-electron chi connectivity index (χ4n) is 7.81. The number of hydrogen-bond acceptors (Lipinski definition) is 5. The summed E-state index contributed by atoms with van der Waals surface area (Å²) < 4.78 is 11.4. The second-order valence-corrected chi connectivity index (χ2v) is 13.8. The molecule has 0 aromatic heterocycles. The lowest BCUT2D eigenvalue weighted by Gasteiger charge is -2.25. The molecule has 1 amide bonds. The van der Waals surface area contributed by atoms with Crippen LogP contribution in [0.3, 0.4) is 0 Å². The number of Topliss-reactive ketones (excluding diaryl/α,β-unsaturated/α-hetero) is 1. The van der Waals surface area contributed by atoms with Gasteiger partial charge in [-0.05, 0) is 63.7 Å². The molecule has 3 rings (SSSR count). The first-order chi connectivity index (χ1) is 20.6. The first-order valence-corrected chi connectivity index (χ1v) is 18.4. The summed E-state index contributed by atoms with van der Waals surface area (Å²) in [5, 5.41) is 6.64. The smallest absolute Gasteiger partial charge is 0.222 e. The molecule has 2 aliphatic carbocycles. The van der Waals surface area contributed by atoms with E-state index in [2.05, 4.69) is 17.6 Å². The molecule has 1 saturated heterocycles. The highest BCUT2D eigenvalue weighted by atomic mass is 16.5.